The van der Waals surface area contributed by atoms with E-state index in [0.717, 1.165) is 23.8 Å². The fourth-order valence-corrected chi connectivity index (χ4v) is 3.88. The van der Waals surface area contributed by atoms with E-state index in [0.29, 0.717) is 12.3 Å². The second-order valence-corrected chi connectivity index (χ2v) is 6.24. The summed E-state index contributed by atoms with van der Waals surface area (Å²) < 4.78 is 80.7. The first-order valence-corrected chi connectivity index (χ1v) is 7.27. The number of halogens is 6. The van der Waals surface area contributed by atoms with Crippen LogP contribution in [0.5, 0.6) is 0 Å². The second kappa shape index (κ2) is 5.01. The molecule has 0 aromatic carbocycles. The van der Waals surface area contributed by atoms with Gasteiger partial charge in [0.1, 0.15) is 0 Å². The Labute approximate surface area is 134 Å². The Bertz CT molecular complexity index is 841. The molecule has 0 saturated heterocycles. The number of thioether (sulfide) groups is 1. The fraction of sp³-hybridized carbons (Fsp3) is 0.417. The molecule has 2 aromatic rings. The predicted octanol–water partition coefficient (Wildman–Crippen LogP) is 3.04. The maximum Gasteiger partial charge on any atom is 0.435 e. The quantitative estimate of drug-likeness (QED) is 0.572. The molecule has 0 spiro atoms. The molecule has 24 heavy (non-hydrogen) atoms. The molecule has 12 heteroatoms. The topological polar surface area (TPSA) is 52.7 Å². The summed E-state index contributed by atoms with van der Waals surface area (Å²) in [7, 11) is 0. The molecule has 0 fully saturated rings. The van der Waals surface area contributed by atoms with Gasteiger partial charge in [-0.3, -0.25) is 9.36 Å². The molecule has 0 bridgehead atoms. The minimum atomic E-state index is -4.99. The molecule has 2 atom stereocenters. The Hall–Kier alpha value is -1.98. The van der Waals surface area contributed by atoms with Crippen LogP contribution < -0.4 is 5.56 Å². The predicted molar refractivity (Wildman–Crippen MR) is 70.3 cm³/mol. The highest BCUT2D eigenvalue weighted by Crippen LogP contribution is 2.58. The third-order valence-electron chi connectivity index (χ3n) is 3.67. The van der Waals surface area contributed by atoms with E-state index < -0.39 is 34.5 Å². The molecule has 3 rings (SSSR count). The molecular formula is C12H8F6N4OS. The lowest BCUT2D eigenvalue weighted by atomic mass is 10.1. The van der Waals surface area contributed by atoms with Crippen LogP contribution in [0.1, 0.15) is 18.7 Å². The molecule has 0 saturated carbocycles. The van der Waals surface area contributed by atoms with Crippen LogP contribution >= 0.6 is 11.8 Å². The number of aromatic nitrogens is 4. The molecule has 0 N–H and O–H groups in total. The lowest BCUT2D eigenvalue weighted by Gasteiger charge is -2.34. The van der Waals surface area contributed by atoms with Crippen LogP contribution in [-0.4, -0.2) is 25.5 Å². The normalized spacial score (nSPS) is 24.2. The minimum absolute atomic E-state index is 0.150. The molecule has 1 aliphatic rings. The van der Waals surface area contributed by atoms with Crippen LogP contribution in [0.15, 0.2) is 34.5 Å². The summed E-state index contributed by atoms with van der Waals surface area (Å²) in [5, 5.41) is 2.83. The van der Waals surface area contributed by atoms with Crippen molar-refractivity contribution in [1.82, 2.24) is 19.3 Å². The third-order valence-corrected chi connectivity index (χ3v) is 5.23. The summed E-state index contributed by atoms with van der Waals surface area (Å²) in [6, 6.07) is -0.100. The van der Waals surface area contributed by atoms with Crippen molar-refractivity contribution in [3.05, 3.63) is 40.6 Å². The van der Waals surface area contributed by atoms with Gasteiger partial charge in [-0.1, -0.05) is 0 Å². The molecule has 2 unspecified atom stereocenters. The summed E-state index contributed by atoms with van der Waals surface area (Å²) in [6.45, 7) is 1.09. The highest BCUT2D eigenvalue weighted by atomic mass is 32.2. The molecule has 5 nitrogen and oxygen atoms in total. The van der Waals surface area contributed by atoms with Gasteiger partial charge < -0.3 is 0 Å². The minimum Gasteiger partial charge on any atom is -0.281 e. The smallest absolute Gasteiger partial charge is 0.281 e. The van der Waals surface area contributed by atoms with Crippen molar-refractivity contribution >= 4 is 11.8 Å². The Balaban J connectivity index is 2.22. The zero-order chi connectivity index (χ0) is 17.9. The van der Waals surface area contributed by atoms with E-state index in [4.69, 9.17) is 0 Å². The number of hydrogen-bond donors (Lipinski definition) is 0. The number of hydrogen-bond acceptors (Lipinski definition) is 4. The van der Waals surface area contributed by atoms with E-state index in [1.807, 2.05) is 0 Å². The molecule has 0 amide bonds. The number of nitrogens with zero attached hydrogens (tertiary/aromatic N) is 4. The van der Waals surface area contributed by atoms with E-state index >= 15 is 0 Å². The van der Waals surface area contributed by atoms with E-state index in [1.165, 1.54) is 0 Å². The molecule has 0 radical (unpaired) electrons. The zero-order valence-electron chi connectivity index (χ0n) is 11.8. The second-order valence-electron chi connectivity index (χ2n) is 5.05. The average Bonchev–Trinajstić information content (AvgIpc) is 3.02. The number of fused-ring (bicyclic) bond motifs is 1. The van der Waals surface area contributed by atoms with E-state index in [-0.39, 0.29) is 21.6 Å². The van der Waals surface area contributed by atoms with Gasteiger partial charge in [0.25, 0.3) is 5.56 Å². The van der Waals surface area contributed by atoms with Gasteiger partial charge in [-0.15, -0.1) is 0 Å². The largest absolute Gasteiger partial charge is 0.435 e. The van der Waals surface area contributed by atoms with Crippen molar-refractivity contribution in [2.75, 3.05) is 0 Å². The first-order valence-electron chi connectivity index (χ1n) is 6.45. The summed E-state index contributed by atoms with van der Waals surface area (Å²) in [5.41, 5.74) is -2.18. The van der Waals surface area contributed by atoms with E-state index in [9.17, 15) is 31.1 Å². The summed E-state index contributed by atoms with van der Waals surface area (Å²) in [6.07, 6.45) is -8.22. The van der Waals surface area contributed by atoms with Crippen LogP contribution in [-0.2, 0) is 11.0 Å². The van der Waals surface area contributed by atoms with Crippen molar-refractivity contribution in [2.45, 2.75) is 35.3 Å². The van der Waals surface area contributed by atoms with Crippen molar-refractivity contribution in [1.29, 1.82) is 0 Å². The van der Waals surface area contributed by atoms with Crippen LogP contribution in [0.4, 0.5) is 26.3 Å². The van der Waals surface area contributed by atoms with Gasteiger partial charge in [0.15, 0.2) is 10.9 Å². The zero-order valence-corrected chi connectivity index (χ0v) is 12.6. The first kappa shape index (κ1) is 16.9. The van der Waals surface area contributed by atoms with Gasteiger partial charge in [0.05, 0.1) is 6.04 Å². The molecule has 130 valence electrons. The van der Waals surface area contributed by atoms with Crippen molar-refractivity contribution in [3.8, 4) is 0 Å². The molecule has 1 aliphatic heterocycles. The molecular weight excluding hydrogens is 362 g/mol. The van der Waals surface area contributed by atoms with Gasteiger partial charge in [0.2, 0.25) is 4.87 Å². The fourth-order valence-electron chi connectivity index (χ4n) is 2.56. The lowest BCUT2D eigenvalue weighted by molar-refractivity contribution is -0.195. The molecule has 2 aromatic heterocycles. The Morgan fingerprint density at radius 1 is 1.21 bits per heavy atom. The van der Waals surface area contributed by atoms with Crippen LogP contribution in [0.3, 0.4) is 0 Å². The Morgan fingerprint density at radius 2 is 1.88 bits per heavy atom. The highest BCUT2D eigenvalue weighted by molar-refractivity contribution is 8.00. The van der Waals surface area contributed by atoms with E-state index in [1.54, 1.807) is 0 Å². The van der Waals surface area contributed by atoms with Crippen LogP contribution in [0.2, 0.25) is 0 Å². The molecule has 0 aliphatic carbocycles. The first-order chi connectivity index (χ1) is 11.0. The molecule has 3 heterocycles. The van der Waals surface area contributed by atoms with Crippen molar-refractivity contribution < 1.29 is 26.3 Å². The summed E-state index contributed by atoms with van der Waals surface area (Å²) >= 11 is 0.150. The summed E-state index contributed by atoms with van der Waals surface area (Å²) in [5.74, 6) is 0. The number of alkyl halides is 6. The van der Waals surface area contributed by atoms with E-state index in [2.05, 4.69) is 10.1 Å². The summed E-state index contributed by atoms with van der Waals surface area (Å²) in [4.78, 5) is 12.7. The van der Waals surface area contributed by atoms with Gasteiger partial charge in [-0.05, 0) is 24.8 Å². The van der Waals surface area contributed by atoms with Gasteiger partial charge in [-0.25, -0.2) is 9.67 Å². The van der Waals surface area contributed by atoms with Crippen molar-refractivity contribution in [2.24, 2.45) is 0 Å². The maximum atomic E-state index is 13.8. The maximum absolute atomic E-state index is 13.8. The lowest BCUT2D eigenvalue weighted by Crippen LogP contribution is -2.49. The Kier molecular flexibility index (Phi) is 3.52. The monoisotopic (exact) mass is 370 g/mol. The van der Waals surface area contributed by atoms with Gasteiger partial charge in [0, 0.05) is 18.5 Å². The highest BCUT2D eigenvalue weighted by Gasteiger charge is 2.66. The Morgan fingerprint density at radius 3 is 2.38 bits per heavy atom. The van der Waals surface area contributed by atoms with Crippen LogP contribution in [0, 0.1) is 0 Å². The standard InChI is InChI=1S/C12H8F6N4OS/c1-6-10(12(16,17)18,21-5-3-7(20-21)11(13,14)15)24-9-19-4-2-8(23)22(6)9/h2-6H,1H3. The average molecular weight is 370 g/mol. The van der Waals surface area contributed by atoms with Gasteiger partial charge >= 0.3 is 12.4 Å². The van der Waals surface area contributed by atoms with Crippen LogP contribution in [0.25, 0.3) is 0 Å². The SMILES string of the molecule is CC1n2c(nccc2=O)SC1(n1ccc(C(F)(F)F)n1)C(F)(F)F. The third kappa shape index (κ3) is 2.23. The number of rotatable bonds is 1. The van der Waals surface area contributed by atoms with Crippen molar-refractivity contribution in [3.63, 3.8) is 0 Å². The van der Waals surface area contributed by atoms with Gasteiger partial charge in [-0.2, -0.15) is 31.4 Å².